The normalized spacial score (nSPS) is 25.9. The molecule has 2 aliphatic rings. The molecule has 3 heteroatoms. The Morgan fingerprint density at radius 1 is 1.25 bits per heavy atom. The molecular weight excluding hydrogens is 314 g/mol. The van der Waals surface area contributed by atoms with E-state index in [2.05, 4.69) is 40.4 Å². The van der Waals surface area contributed by atoms with Crippen LogP contribution in [-0.4, -0.2) is 19.7 Å². The van der Waals surface area contributed by atoms with Gasteiger partial charge in [-0.2, -0.15) is 0 Å². The molecule has 0 radical (unpaired) electrons. The lowest BCUT2D eigenvalue weighted by Gasteiger charge is -2.25. The Bertz CT molecular complexity index is 474. The largest absolute Gasteiger partial charge is 0.493 e. The number of hydrogen-bond donors (Lipinski definition) is 1. The minimum absolute atomic E-state index is 0.661. The van der Waals surface area contributed by atoms with E-state index in [-0.39, 0.29) is 0 Å². The van der Waals surface area contributed by atoms with Gasteiger partial charge in [-0.15, -0.1) is 0 Å². The second-order valence-corrected chi connectivity index (χ2v) is 7.06. The lowest BCUT2D eigenvalue weighted by atomic mass is 9.87. The number of benzene rings is 1. The second-order valence-electron chi connectivity index (χ2n) is 6.15. The standard InChI is InChI=1S/C17H24BrNO/c1-19-16-6-4-2-3-5-12(16)9-14-11-15(18)10-13-7-8-20-17(13)14/h10-12,16,19H,2-9H2,1H3. The SMILES string of the molecule is CNC1CCCCCC1Cc1cc(Br)cc2c1OCC2. The number of halogens is 1. The Labute approximate surface area is 130 Å². The summed E-state index contributed by atoms with van der Waals surface area (Å²) in [5, 5.41) is 3.54. The molecule has 0 spiro atoms. The van der Waals surface area contributed by atoms with Crippen LogP contribution in [0.3, 0.4) is 0 Å². The third-order valence-corrected chi connectivity index (χ3v) is 5.30. The summed E-state index contributed by atoms with van der Waals surface area (Å²) in [4.78, 5) is 0. The van der Waals surface area contributed by atoms with E-state index in [4.69, 9.17) is 4.74 Å². The van der Waals surface area contributed by atoms with Gasteiger partial charge in [0, 0.05) is 16.9 Å². The summed E-state index contributed by atoms with van der Waals surface area (Å²) in [5.41, 5.74) is 2.78. The fourth-order valence-corrected chi connectivity index (χ4v) is 4.34. The molecule has 1 heterocycles. The van der Waals surface area contributed by atoms with Crippen LogP contribution in [0.1, 0.15) is 43.2 Å². The fourth-order valence-electron chi connectivity index (χ4n) is 3.79. The molecular formula is C17H24BrNO. The number of rotatable bonds is 3. The van der Waals surface area contributed by atoms with E-state index < -0.39 is 0 Å². The molecule has 0 amide bonds. The molecule has 1 fully saturated rings. The Balaban J connectivity index is 1.82. The maximum Gasteiger partial charge on any atom is 0.125 e. The van der Waals surface area contributed by atoms with E-state index >= 15 is 0 Å². The molecule has 1 aromatic carbocycles. The van der Waals surface area contributed by atoms with Crippen molar-refractivity contribution in [2.75, 3.05) is 13.7 Å². The van der Waals surface area contributed by atoms with E-state index in [9.17, 15) is 0 Å². The van der Waals surface area contributed by atoms with Crippen molar-refractivity contribution in [2.24, 2.45) is 5.92 Å². The summed E-state index contributed by atoms with van der Waals surface area (Å²) in [5.74, 6) is 1.91. The summed E-state index contributed by atoms with van der Waals surface area (Å²) in [6, 6.07) is 5.14. The molecule has 2 unspecified atom stereocenters. The third-order valence-electron chi connectivity index (χ3n) is 4.84. The fraction of sp³-hybridized carbons (Fsp3) is 0.647. The van der Waals surface area contributed by atoms with Crippen LogP contribution < -0.4 is 10.1 Å². The molecule has 2 nitrogen and oxygen atoms in total. The van der Waals surface area contributed by atoms with Gasteiger partial charge in [-0.3, -0.25) is 0 Å². The summed E-state index contributed by atoms with van der Waals surface area (Å²) in [6.45, 7) is 0.846. The second kappa shape index (κ2) is 6.48. The number of ether oxygens (including phenoxy) is 1. The average molecular weight is 338 g/mol. The summed E-state index contributed by atoms with van der Waals surface area (Å²) in [7, 11) is 2.12. The molecule has 1 saturated carbocycles. The number of fused-ring (bicyclic) bond motifs is 1. The lowest BCUT2D eigenvalue weighted by molar-refractivity contribution is 0.331. The molecule has 3 rings (SSSR count). The zero-order valence-electron chi connectivity index (χ0n) is 12.3. The number of hydrogen-bond acceptors (Lipinski definition) is 2. The van der Waals surface area contributed by atoms with Gasteiger partial charge in [-0.25, -0.2) is 0 Å². The van der Waals surface area contributed by atoms with Gasteiger partial charge in [0.05, 0.1) is 6.61 Å². The first-order valence-corrected chi connectivity index (χ1v) is 8.68. The van der Waals surface area contributed by atoms with Crippen LogP contribution in [0, 0.1) is 5.92 Å². The Hall–Kier alpha value is -0.540. The molecule has 0 saturated heterocycles. The maximum absolute atomic E-state index is 5.89. The topological polar surface area (TPSA) is 21.3 Å². The molecule has 20 heavy (non-hydrogen) atoms. The molecule has 0 bridgehead atoms. The summed E-state index contributed by atoms with van der Waals surface area (Å²) < 4.78 is 7.09. The van der Waals surface area contributed by atoms with Crippen molar-refractivity contribution in [1.82, 2.24) is 5.32 Å². The van der Waals surface area contributed by atoms with Gasteiger partial charge in [-0.05, 0) is 55.5 Å². The van der Waals surface area contributed by atoms with E-state index in [1.54, 1.807) is 0 Å². The maximum atomic E-state index is 5.89. The Kier molecular flexibility index (Phi) is 4.67. The van der Waals surface area contributed by atoms with Crippen LogP contribution >= 0.6 is 15.9 Å². The summed E-state index contributed by atoms with van der Waals surface area (Å²) in [6.07, 6.45) is 9.00. The van der Waals surface area contributed by atoms with Gasteiger partial charge in [0.25, 0.3) is 0 Å². The summed E-state index contributed by atoms with van der Waals surface area (Å²) >= 11 is 3.66. The molecule has 0 aromatic heterocycles. The zero-order chi connectivity index (χ0) is 13.9. The highest BCUT2D eigenvalue weighted by Gasteiger charge is 2.25. The molecule has 1 aromatic rings. The van der Waals surface area contributed by atoms with Gasteiger partial charge < -0.3 is 10.1 Å². The van der Waals surface area contributed by atoms with E-state index in [0.717, 1.165) is 25.4 Å². The van der Waals surface area contributed by atoms with Crippen LogP contribution in [0.2, 0.25) is 0 Å². The van der Waals surface area contributed by atoms with Crippen molar-refractivity contribution in [1.29, 1.82) is 0 Å². The van der Waals surface area contributed by atoms with Crippen molar-refractivity contribution in [3.63, 3.8) is 0 Å². The van der Waals surface area contributed by atoms with Gasteiger partial charge >= 0.3 is 0 Å². The quantitative estimate of drug-likeness (QED) is 0.838. The van der Waals surface area contributed by atoms with Crippen molar-refractivity contribution < 1.29 is 4.74 Å². The zero-order valence-corrected chi connectivity index (χ0v) is 13.8. The van der Waals surface area contributed by atoms with Crippen LogP contribution in [0.15, 0.2) is 16.6 Å². The van der Waals surface area contributed by atoms with Crippen molar-refractivity contribution in [3.8, 4) is 5.75 Å². The minimum Gasteiger partial charge on any atom is -0.493 e. The van der Waals surface area contributed by atoms with Crippen molar-refractivity contribution in [2.45, 2.75) is 51.0 Å². The highest BCUT2D eigenvalue weighted by atomic mass is 79.9. The highest BCUT2D eigenvalue weighted by Crippen LogP contribution is 2.36. The molecule has 1 aliphatic carbocycles. The predicted octanol–water partition coefficient (Wildman–Crippen LogP) is 4.09. The minimum atomic E-state index is 0.661. The monoisotopic (exact) mass is 337 g/mol. The lowest BCUT2D eigenvalue weighted by Crippen LogP contribution is -2.33. The van der Waals surface area contributed by atoms with Crippen molar-refractivity contribution >= 4 is 15.9 Å². The van der Waals surface area contributed by atoms with Gasteiger partial charge in [0.2, 0.25) is 0 Å². The third kappa shape index (κ3) is 3.04. The smallest absolute Gasteiger partial charge is 0.125 e. The molecule has 1 N–H and O–H groups in total. The van der Waals surface area contributed by atoms with Crippen LogP contribution in [0.4, 0.5) is 0 Å². The van der Waals surface area contributed by atoms with Crippen LogP contribution in [0.25, 0.3) is 0 Å². The highest BCUT2D eigenvalue weighted by molar-refractivity contribution is 9.10. The van der Waals surface area contributed by atoms with Crippen LogP contribution in [-0.2, 0) is 12.8 Å². The van der Waals surface area contributed by atoms with Crippen molar-refractivity contribution in [3.05, 3.63) is 27.7 Å². The van der Waals surface area contributed by atoms with Gasteiger partial charge in [0.1, 0.15) is 5.75 Å². The Morgan fingerprint density at radius 2 is 2.10 bits per heavy atom. The predicted molar refractivity (Wildman–Crippen MR) is 86.5 cm³/mol. The first kappa shape index (κ1) is 14.4. The van der Waals surface area contributed by atoms with Crippen LogP contribution in [0.5, 0.6) is 5.75 Å². The van der Waals surface area contributed by atoms with Gasteiger partial charge in [-0.1, -0.05) is 35.2 Å². The molecule has 2 atom stereocenters. The van der Waals surface area contributed by atoms with E-state index in [1.807, 2.05) is 0 Å². The first-order valence-electron chi connectivity index (χ1n) is 7.89. The molecule has 1 aliphatic heterocycles. The molecule has 110 valence electrons. The average Bonchev–Trinajstić information content (AvgIpc) is 2.78. The first-order chi connectivity index (χ1) is 9.78. The number of nitrogens with one attached hydrogen (secondary N) is 1. The van der Waals surface area contributed by atoms with E-state index in [1.165, 1.54) is 53.5 Å². The van der Waals surface area contributed by atoms with Gasteiger partial charge in [0.15, 0.2) is 0 Å². The Morgan fingerprint density at radius 3 is 2.95 bits per heavy atom. The van der Waals surface area contributed by atoms with E-state index in [0.29, 0.717) is 6.04 Å².